The summed E-state index contributed by atoms with van der Waals surface area (Å²) in [5.74, 6) is 1.01. The summed E-state index contributed by atoms with van der Waals surface area (Å²) in [6.45, 7) is 7.18. The largest absolute Gasteiger partial charge is 0.376 e. The first-order chi connectivity index (χ1) is 7.09. The second kappa shape index (κ2) is 3.72. The topological polar surface area (TPSA) is 42.8 Å². The standard InChI is InChI=1S/C10H17N3OS/c1-4-8-11-12-9(15)13(8)10(3)5-6-14-7(10)2/h7H,4-6H2,1-3H3,(H,12,15). The van der Waals surface area contributed by atoms with Gasteiger partial charge < -0.3 is 4.74 Å². The summed E-state index contributed by atoms with van der Waals surface area (Å²) in [5, 5.41) is 7.12. The molecule has 0 aliphatic carbocycles. The number of ether oxygens (including phenoxy) is 1. The van der Waals surface area contributed by atoms with Crippen LogP contribution in [0.2, 0.25) is 0 Å². The second-order valence-electron chi connectivity index (χ2n) is 4.25. The van der Waals surface area contributed by atoms with Gasteiger partial charge in [0.25, 0.3) is 0 Å². The van der Waals surface area contributed by atoms with E-state index in [0.29, 0.717) is 4.77 Å². The van der Waals surface area contributed by atoms with Crippen LogP contribution in [-0.4, -0.2) is 27.5 Å². The molecular formula is C10H17N3OS. The van der Waals surface area contributed by atoms with E-state index in [9.17, 15) is 0 Å². The zero-order valence-electron chi connectivity index (χ0n) is 9.41. The van der Waals surface area contributed by atoms with Gasteiger partial charge in [-0.05, 0) is 32.5 Å². The molecule has 4 nitrogen and oxygen atoms in total. The Morgan fingerprint density at radius 2 is 2.47 bits per heavy atom. The molecule has 2 heterocycles. The van der Waals surface area contributed by atoms with Crippen LogP contribution in [0.3, 0.4) is 0 Å². The van der Waals surface area contributed by atoms with E-state index in [4.69, 9.17) is 17.0 Å². The van der Waals surface area contributed by atoms with Gasteiger partial charge in [-0.2, -0.15) is 5.10 Å². The molecule has 2 rings (SSSR count). The molecule has 5 heteroatoms. The van der Waals surface area contributed by atoms with Gasteiger partial charge in [-0.3, -0.25) is 9.67 Å². The molecule has 1 aliphatic rings. The van der Waals surface area contributed by atoms with Crippen LogP contribution >= 0.6 is 12.2 Å². The highest BCUT2D eigenvalue weighted by Gasteiger charge is 2.40. The summed E-state index contributed by atoms with van der Waals surface area (Å²) in [6, 6.07) is 0. The van der Waals surface area contributed by atoms with E-state index < -0.39 is 0 Å². The molecule has 2 unspecified atom stereocenters. The molecule has 0 radical (unpaired) electrons. The van der Waals surface area contributed by atoms with Gasteiger partial charge in [-0.25, -0.2) is 0 Å². The lowest BCUT2D eigenvalue weighted by Gasteiger charge is -2.30. The van der Waals surface area contributed by atoms with Gasteiger partial charge in [0.1, 0.15) is 5.82 Å². The summed E-state index contributed by atoms with van der Waals surface area (Å²) < 4.78 is 8.46. The maximum absolute atomic E-state index is 5.64. The molecule has 0 spiro atoms. The summed E-state index contributed by atoms with van der Waals surface area (Å²) in [4.78, 5) is 0. The van der Waals surface area contributed by atoms with Gasteiger partial charge in [-0.1, -0.05) is 6.92 Å². The van der Waals surface area contributed by atoms with Crippen molar-refractivity contribution in [3.63, 3.8) is 0 Å². The van der Waals surface area contributed by atoms with E-state index in [2.05, 4.69) is 35.5 Å². The Morgan fingerprint density at radius 3 is 3.00 bits per heavy atom. The predicted molar refractivity (Wildman–Crippen MR) is 60.5 cm³/mol. The Hall–Kier alpha value is -0.680. The lowest BCUT2D eigenvalue weighted by atomic mass is 9.94. The van der Waals surface area contributed by atoms with Gasteiger partial charge in [0, 0.05) is 13.0 Å². The number of nitrogens with zero attached hydrogens (tertiary/aromatic N) is 2. The minimum atomic E-state index is -0.0462. The Kier molecular flexibility index (Phi) is 2.68. The summed E-state index contributed by atoms with van der Waals surface area (Å²) in [7, 11) is 0. The average Bonchev–Trinajstić information content (AvgIpc) is 2.72. The van der Waals surface area contributed by atoms with Crippen LogP contribution in [0.1, 0.15) is 33.0 Å². The zero-order chi connectivity index (χ0) is 11.1. The van der Waals surface area contributed by atoms with Gasteiger partial charge in [-0.15, -0.1) is 0 Å². The molecule has 15 heavy (non-hydrogen) atoms. The van der Waals surface area contributed by atoms with E-state index in [1.165, 1.54) is 0 Å². The monoisotopic (exact) mass is 227 g/mol. The first kappa shape index (κ1) is 10.8. The normalized spacial score (nSPS) is 31.0. The van der Waals surface area contributed by atoms with Crippen molar-refractivity contribution in [3.8, 4) is 0 Å². The van der Waals surface area contributed by atoms with Crippen molar-refractivity contribution in [2.24, 2.45) is 0 Å². The third-order valence-corrected chi connectivity index (χ3v) is 3.69. The van der Waals surface area contributed by atoms with Crippen molar-refractivity contribution >= 4 is 12.2 Å². The fourth-order valence-electron chi connectivity index (χ4n) is 2.21. The third-order valence-electron chi connectivity index (χ3n) is 3.42. The van der Waals surface area contributed by atoms with Crippen molar-refractivity contribution < 1.29 is 4.74 Å². The number of aryl methyl sites for hydroxylation is 1. The Morgan fingerprint density at radius 1 is 1.73 bits per heavy atom. The van der Waals surface area contributed by atoms with E-state index in [-0.39, 0.29) is 11.6 Å². The molecule has 1 aromatic heterocycles. The number of nitrogens with one attached hydrogen (secondary N) is 1. The van der Waals surface area contributed by atoms with Gasteiger partial charge in [0.15, 0.2) is 4.77 Å². The molecule has 1 fully saturated rings. The average molecular weight is 227 g/mol. The molecule has 0 bridgehead atoms. The van der Waals surface area contributed by atoms with Crippen LogP contribution in [-0.2, 0) is 16.7 Å². The van der Waals surface area contributed by atoms with Gasteiger partial charge in [0.2, 0.25) is 0 Å². The second-order valence-corrected chi connectivity index (χ2v) is 4.64. The molecular weight excluding hydrogens is 210 g/mol. The van der Waals surface area contributed by atoms with Crippen molar-refractivity contribution in [1.82, 2.24) is 14.8 Å². The van der Waals surface area contributed by atoms with E-state index in [1.807, 2.05) is 0 Å². The quantitative estimate of drug-likeness (QED) is 0.786. The number of H-pyrrole nitrogens is 1. The highest BCUT2D eigenvalue weighted by Crippen LogP contribution is 2.34. The first-order valence-electron chi connectivity index (χ1n) is 5.38. The molecule has 1 aliphatic heterocycles. The van der Waals surface area contributed by atoms with Crippen molar-refractivity contribution in [2.45, 2.75) is 45.3 Å². The number of hydrogen-bond acceptors (Lipinski definition) is 3. The number of hydrogen-bond donors (Lipinski definition) is 1. The van der Waals surface area contributed by atoms with Crippen molar-refractivity contribution in [1.29, 1.82) is 0 Å². The summed E-state index contributed by atoms with van der Waals surface area (Å²) >= 11 is 5.29. The Bertz CT molecular complexity index is 411. The van der Waals surface area contributed by atoms with Gasteiger partial charge >= 0.3 is 0 Å². The van der Waals surface area contributed by atoms with E-state index in [0.717, 1.165) is 25.3 Å². The van der Waals surface area contributed by atoms with Crippen LogP contribution in [0.15, 0.2) is 0 Å². The number of aromatic amines is 1. The maximum Gasteiger partial charge on any atom is 0.195 e. The molecule has 0 amide bonds. The smallest absolute Gasteiger partial charge is 0.195 e. The summed E-state index contributed by atoms with van der Waals surface area (Å²) in [5.41, 5.74) is -0.0462. The minimum absolute atomic E-state index is 0.0462. The lowest BCUT2D eigenvalue weighted by molar-refractivity contribution is 0.0741. The zero-order valence-corrected chi connectivity index (χ0v) is 10.2. The maximum atomic E-state index is 5.64. The Balaban J connectivity index is 2.52. The molecule has 1 N–H and O–H groups in total. The Labute approximate surface area is 94.6 Å². The molecule has 2 atom stereocenters. The molecule has 84 valence electrons. The SMILES string of the molecule is CCc1n[nH]c(=S)n1C1(C)CCOC1C. The highest BCUT2D eigenvalue weighted by molar-refractivity contribution is 7.71. The summed E-state index contributed by atoms with van der Waals surface area (Å²) in [6.07, 6.45) is 2.07. The van der Waals surface area contributed by atoms with Crippen LogP contribution in [0.4, 0.5) is 0 Å². The van der Waals surface area contributed by atoms with Crippen LogP contribution in [0.25, 0.3) is 0 Å². The molecule has 1 saturated heterocycles. The lowest BCUT2D eigenvalue weighted by Crippen LogP contribution is -2.38. The van der Waals surface area contributed by atoms with Crippen LogP contribution < -0.4 is 0 Å². The van der Waals surface area contributed by atoms with Crippen LogP contribution in [0, 0.1) is 4.77 Å². The van der Waals surface area contributed by atoms with Crippen LogP contribution in [0.5, 0.6) is 0 Å². The van der Waals surface area contributed by atoms with Gasteiger partial charge in [0.05, 0.1) is 11.6 Å². The highest BCUT2D eigenvalue weighted by atomic mass is 32.1. The third kappa shape index (κ3) is 1.54. The van der Waals surface area contributed by atoms with E-state index >= 15 is 0 Å². The first-order valence-corrected chi connectivity index (χ1v) is 5.79. The fraction of sp³-hybridized carbons (Fsp3) is 0.800. The molecule has 0 saturated carbocycles. The van der Waals surface area contributed by atoms with Crippen molar-refractivity contribution in [2.75, 3.05) is 6.61 Å². The number of rotatable bonds is 2. The minimum Gasteiger partial charge on any atom is -0.376 e. The number of aromatic nitrogens is 3. The molecule has 0 aromatic carbocycles. The molecule has 1 aromatic rings. The predicted octanol–water partition coefficient (Wildman–Crippen LogP) is 2.03. The van der Waals surface area contributed by atoms with E-state index in [1.54, 1.807) is 0 Å². The van der Waals surface area contributed by atoms with Crippen molar-refractivity contribution in [3.05, 3.63) is 10.6 Å². The fourth-order valence-corrected chi connectivity index (χ4v) is 2.57.